The van der Waals surface area contributed by atoms with Crippen molar-refractivity contribution in [3.63, 3.8) is 0 Å². The lowest BCUT2D eigenvalue weighted by Gasteiger charge is -2.34. The number of aliphatic hydroxyl groups excluding tert-OH is 1. The Kier molecular flexibility index (Phi) is 6.06. The molecule has 1 amide bonds. The smallest absolute Gasteiger partial charge is 0.232 e. The van der Waals surface area contributed by atoms with E-state index in [1.165, 1.54) is 5.56 Å². The van der Waals surface area contributed by atoms with E-state index < -0.39 is 5.41 Å². The third-order valence-corrected chi connectivity index (χ3v) is 5.47. The van der Waals surface area contributed by atoms with E-state index in [-0.39, 0.29) is 12.0 Å². The number of amides is 1. The largest absolute Gasteiger partial charge is 0.393 e. The number of hydrogen-bond acceptors (Lipinski definition) is 5. The lowest BCUT2D eigenvalue weighted by Crippen LogP contribution is -2.46. The molecule has 0 unspecified atom stereocenters. The highest BCUT2D eigenvalue weighted by Crippen LogP contribution is 2.31. The van der Waals surface area contributed by atoms with Crippen molar-refractivity contribution < 1.29 is 14.6 Å². The Hall–Kier alpha value is -1.47. The van der Waals surface area contributed by atoms with Crippen molar-refractivity contribution >= 4 is 11.6 Å². The number of nitrogens with two attached hydrogens (primary N) is 1. The number of anilines is 1. The number of ether oxygens (including phenoxy) is 1. The minimum atomic E-state index is -0.517. The summed E-state index contributed by atoms with van der Waals surface area (Å²) >= 11 is 0. The number of carbonyl (C=O) groups is 1. The van der Waals surface area contributed by atoms with Gasteiger partial charge in [-0.05, 0) is 43.4 Å². The summed E-state index contributed by atoms with van der Waals surface area (Å²) in [5.74, 6) is -0.00320. The third kappa shape index (κ3) is 4.58. The molecule has 2 aliphatic heterocycles. The Balaban J connectivity index is 1.62. The van der Waals surface area contributed by atoms with E-state index in [1.54, 1.807) is 0 Å². The number of rotatable bonds is 5. The Bertz CT molecular complexity index is 579. The van der Waals surface area contributed by atoms with Crippen LogP contribution in [0.25, 0.3) is 0 Å². The summed E-state index contributed by atoms with van der Waals surface area (Å²) in [6.45, 7) is 4.18. The van der Waals surface area contributed by atoms with E-state index in [9.17, 15) is 9.90 Å². The summed E-state index contributed by atoms with van der Waals surface area (Å²) in [4.78, 5) is 15.1. The van der Waals surface area contributed by atoms with Crippen LogP contribution in [0.1, 0.15) is 31.2 Å². The first-order valence-electron chi connectivity index (χ1n) is 9.20. The van der Waals surface area contributed by atoms with Crippen LogP contribution in [0.2, 0.25) is 0 Å². The van der Waals surface area contributed by atoms with Crippen LogP contribution in [0.5, 0.6) is 0 Å². The van der Waals surface area contributed by atoms with E-state index in [1.807, 2.05) is 18.2 Å². The number of carbonyl (C=O) groups excluding carboxylic acids is 1. The predicted octanol–water partition coefficient (Wildman–Crippen LogP) is 1.34. The highest BCUT2D eigenvalue weighted by molar-refractivity contribution is 5.95. The minimum absolute atomic E-state index is 0.00320. The van der Waals surface area contributed by atoms with Gasteiger partial charge >= 0.3 is 0 Å². The molecule has 0 radical (unpaired) electrons. The zero-order valence-corrected chi connectivity index (χ0v) is 14.7. The molecule has 2 heterocycles. The molecule has 0 saturated carbocycles. The molecule has 3 rings (SSSR count). The number of nitrogens with one attached hydrogen (secondary N) is 1. The average Bonchev–Trinajstić information content (AvgIpc) is 2.64. The molecule has 1 aromatic carbocycles. The van der Waals surface area contributed by atoms with Crippen molar-refractivity contribution in [1.29, 1.82) is 0 Å². The second-order valence-corrected chi connectivity index (χ2v) is 7.26. The maximum Gasteiger partial charge on any atom is 0.232 e. The molecule has 0 bridgehead atoms. The topological polar surface area (TPSA) is 87.8 Å². The molecule has 0 aromatic heterocycles. The molecule has 4 N–H and O–H groups in total. The van der Waals surface area contributed by atoms with Gasteiger partial charge in [-0.3, -0.25) is 9.69 Å². The average molecular weight is 347 g/mol. The number of likely N-dealkylation sites (tertiary alicyclic amines) is 1. The number of aliphatic hydroxyl groups is 1. The molecule has 6 nitrogen and oxygen atoms in total. The standard InChI is InChI=1S/C19H29N3O3/c20-14-19(6-10-25-11-7-19)18(24)21-16-3-1-2-15(12-16)13-22-8-4-17(23)5-9-22/h1-3,12,17,23H,4-11,13-14,20H2,(H,21,24). The van der Waals surface area contributed by atoms with Crippen LogP contribution in [-0.4, -0.2) is 54.9 Å². The van der Waals surface area contributed by atoms with Crippen molar-refractivity contribution in [1.82, 2.24) is 4.90 Å². The fourth-order valence-corrected chi connectivity index (χ4v) is 3.63. The van der Waals surface area contributed by atoms with Gasteiger partial charge in [0.1, 0.15) is 0 Å². The first-order valence-corrected chi connectivity index (χ1v) is 9.20. The fourth-order valence-electron chi connectivity index (χ4n) is 3.63. The number of benzene rings is 1. The van der Waals surface area contributed by atoms with Crippen molar-refractivity contribution in [2.45, 2.75) is 38.3 Å². The number of nitrogens with zero attached hydrogens (tertiary/aromatic N) is 1. The zero-order chi connectivity index (χ0) is 17.7. The lowest BCUT2D eigenvalue weighted by molar-refractivity contribution is -0.130. The van der Waals surface area contributed by atoms with Crippen LogP contribution in [0, 0.1) is 5.41 Å². The Labute approximate surface area is 149 Å². The summed E-state index contributed by atoms with van der Waals surface area (Å²) < 4.78 is 5.38. The van der Waals surface area contributed by atoms with Gasteiger partial charge in [-0.2, -0.15) is 0 Å². The summed E-state index contributed by atoms with van der Waals surface area (Å²) in [6, 6.07) is 8.01. The highest BCUT2D eigenvalue weighted by Gasteiger charge is 2.38. The van der Waals surface area contributed by atoms with Crippen LogP contribution in [0.15, 0.2) is 24.3 Å². The minimum Gasteiger partial charge on any atom is -0.393 e. The molecule has 0 spiro atoms. The molecule has 1 aromatic rings. The maximum absolute atomic E-state index is 12.8. The molecule has 25 heavy (non-hydrogen) atoms. The highest BCUT2D eigenvalue weighted by atomic mass is 16.5. The van der Waals surface area contributed by atoms with Gasteiger partial charge in [0.25, 0.3) is 0 Å². The van der Waals surface area contributed by atoms with E-state index in [4.69, 9.17) is 10.5 Å². The SMILES string of the molecule is NCC1(C(=O)Nc2cccc(CN3CCC(O)CC3)c2)CCOCC1. The Morgan fingerprint density at radius 1 is 1.32 bits per heavy atom. The molecule has 2 saturated heterocycles. The van der Waals surface area contributed by atoms with E-state index in [0.29, 0.717) is 32.6 Å². The molecule has 2 aliphatic rings. The van der Waals surface area contributed by atoms with Gasteiger partial charge in [0.2, 0.25) is 5.91 Å². The predicted molar refractivity (Wildman–Crippen MR) is 97.1 cm³/mol. The van der Waals surface area contributed by atoms with Crippen molar-refractivity contribution in [2.24, 2.45) is 11.1 Å². The third-order valence-electron chi connectivity index (χ3n) is 5.47. The number of piperidine rings is 1. The molecule has 138 valence electrons. The summed E-state index contributed by atoms with van der Waals surface area (Å²) in [7, 11) is 0. The van der Waals surface area contributed by atoms with E-state index in [0.717, 1.165) is 38.2 Å². The van der Waals surface area contributed by atoms with Gasteiger partial charge in [-0.25, -0.2) is 0 Å². The summed E-state index contributed by atoms with van der Waals surface area (Å²) in [6.07, 6.45) is 2.85. The first-order chi connectivity index (χ1) is 12.1. The second-order valence-electron chi connectivity index (χ2n) is 7.26. The zero-order valence-electron chi connectivity index (χ0n) is 14.7. The van der Waals surface area contributed by atoms with Gasteiger partial charge < -0.3 is 20.9 Å². The van der Waals surface area contributed by atoms with Gasteiger partial charge in [0, 0.05) is 45.1 Å². The summed E-state index contributed by atoms with van der Waals surface area (Å²) in [5, 5.41) is 12.7. The quantitative estimate of drug-likeness (QED) is 0.748. The Morgan fingerprint density at radius 2 is 2.04 bits per heavy atom. The van der Waals surface area contributed by atoms with Gasteiger partial charge in [-0.1, -0.05) is 12.1 Å². The normalized spacial score (nSPS) is 21.8. The van der Waals surface area contributed by atoms with E-state index in [2.05, 4.69) is 16.3 Å². The lowest BCUT2D eigenvalue weighted by atomic mass is 9.79. The van der Waals surface area contributed by atoms with Gasteiger partial charge in [-0.15, -0.1) is 0 Å². The Morgan fingerprint density at radius 3 is 2.72 bits per heavy atom. The monoisotopic (exact) mass is 347 g/mol. The molecule has 0 aliphatic carbocycles. The van der Waals surface area contributed by atoms with Crippen molar-refractivity contribution in [2.75, 3.05) is 38.2 Å². The molecule has 6 heteroatoms. The van der Waals surface area contributed by atoms with Crippen molar-refractivity contribution in [3.8, 4) is 0 Å². The van der Waals surface area contributed by atoms with Crippen LogP contribution in [0.4, 0.5) is 5.69 Å². The van der Waals surface area contributed by atoms with Crippen LogP contribution in [0.3, 0.4) is 0 Å². The fraction of sp³-hybridized carbons (Fsp3) is 0.632. The summed E-state index contributed by atoms with van der Waals surface area (Å²) in [5.41, 5.74) is 7.39. The molecule has 0 atom stereocenters. The van der Waals surface area contributed by atoms with E-state index >= 15 is 0 Å². The maximum atomic E-state index is 12.8. The van der Waals surface area contributed by atoms with Crippen LogP contribution < -0.4 is 11.1 Å². The molecule has 2 fully saturated rings. The number of hydrogen-bond donors (Lipinski definition) is 3. The van der Waals surface area contributed by atoms with Gasteiger partial charge in [0.15, 0.2) is 0 Å². The van der Waals surface area contributed by atoms with Crippen LogP contribution in [-0.2, 0) is 16.1 Å². The molecular weight excluding hydrogens is 318 g/mol. The van der Waals surface area contributed by atoms with Crippen molar-refractivity contribution in [3.05, 3.63) is 29.8 Å². The second kappa shape index (κ2) is 8.27. The molecular formula is C19H29N3O3. The van der Waals surface area contributed by atoms with Crippen LogP contribution >= 0.6 is 0 Å². The van der Waals surface area contributed by atoms with Gasteiger partial charge in [0.05, 0.1) is 11.5 Å². The first kappa shape index (κ1) is 18.3.